The molecule has 110 valence electrons. The van der Waals surface area contributed by atoms with Crippen molar-refractivity contribution in [2.75, 3.05) is 26.1 Å². The van der Waals surface area contributed by atoms with Crippen LogP contribution in [0, 0.1) is 0 Å². The molecule has 0 saturated heterocycles. The van der Waals surface area contributed by atoms with Crippen molar-refractivity contribution in [3.8, 4) is 5.75 Å². The number of amides is 2. The predicted octanol–water partition coefficient (Wildman–Crippen LogP) is 1.24. The monoisotopic (exact) mass is 282 g/mol. The molecule has 0 fully saturated rings. The summed E-state index contributed by atoms with van der Waals surface area (Å²) in [5, 5.41) is 20.5. The highest BCUT2D eigenvalue weighted by molar-refractivity contribution is 5.94. The van der Waals surface area contributed by atoms with E-state index in [1.165, 1.54) is 37.3 Å². The second-order valence-electron chi connectivity index (χ2n) is 4.29. The maximum Gasteiger partial charge on any atom is 0.335 e. The van der Waals surface area contributed by atoms with E-state index in [0.717, 1.165) is 0 Å². The molecule has 7 nitrogen and oxygen atoms in total. The largest absolute Gasteiger partial charge is 0.495 e. The lowest BCUT2D eigenvalue weighted by molar-refractivity contribution is 0.0697. The first-order valence-electron chi connectivity index (χ1n) is 5.96. The highest BCUT2D eigenvalue weighted by Gasteiger charge is 2.17. The van der Waals surface area contributed by atoms with Gasteiger partial charge >= 0.3 is 12.0 Å². The molecule has 0 heterocycles. The number of aliphatic hydroxyl groups excluding tert-OH is 1. The van der Waals surface area contributed by atoms with E-state index in [1.54, 1.807) is 6.92 Å². The number of likely N-dealkylation sites (N-methyl/N-ethyl adjacent to an activating group) is 1. The lowest BCUT2D eigenvalue weighted by Crippen LogP contribution is -2.40. The Balaban J connectivity index is 2.98. The van der Waals surface area contributed by atoms with Crippen LogP contribution in [0.5, 0.6) is 5.75 Å². The van der Waals surface area contributed by atoms with Crippen LogP contribution in [0.3, 0.4) is 0 Å². The summed E-state index contributed by atoms with van der Waals surface area (Å²) in [6.07, 6.45) is 0. The molecule has 1 unspecified atom stereocenters. The molecule has 1 rings (SSSR count). The third-order valence-corrected chi connectivity index (χ3v) is 2.93. The van der Waals surface area contributed by atoms with Crippen LogP contribution >= 0.6 is 0 Å². The van der Waals surface area contributed by atoms with Gasteiger partial charge in [0.1, 0.15) is 5.75 Å². The number of carbonyl (C=O) groups excluding carboxylic acids is 1. The number of aliphatic hydroxyl groups is 1. The molecule has 1 aromatic carbocycles. The van der Waals surface area contributed by atoms with Crippen molar-refractivity contribution in [2.45, 2.75) is 13.0 Å². The van der Waals surface area contributed by atoms with Crippen LogP contribution < -0.4 is 10.1 Å². The van der Waals surface area contributed by atoms with E-state index < -0.39 is 12.0 Å². The number of aromatic carboxylic acids is 1. The molecule has 2 amide bonds. The minimum Gasteiger partial charge on any atom is -0.495 e. The zero-order valence-corrected chi connectivity index (χ0v) is 11.6. The first-order chi connectivity index (χ1) is 9.40. The average molecular weight is 282 g/mol. The summed E-state index contributed by atoms with van der Waals surface area (Å²) in [6, 6.07) is 3.35. The van der Waals surface area contributed by atoms with Crippen molar-refractivity contribution in [1.82, 2.24) is 4.90 Å². The molecule has 0 bridgehead atoms. The number of nitrogens with zero attached hydrogens (tertiary/aromatic N) is 1. The van der Waals surface area contributed by atoms with Gasteiger partial charge in [-0.15, -0.1) is 0 Å². The van der Waals surface area contributed by atoms with Gasteiger partial charge in [0.15, 0.2) is 0 Å². The van der Waals surface area contributed by atoms with E-state index >= 15 is 0 Å². The van der Waals surface area contributed by atoms with E-state index in [1.807, 2.05) is 0 Å². The fourth-order valence-electron chi connectivity index (χ4n) is 1.46. The molecule has 7 heteroatoms. The zero-order valence-electron chi connectivity index (χ0n) is 11.6. The molecule has 1 aromatic rings. The van der Waals surface area contributed by atoms with Gasteiger partial charge in [-0.2, -0.15) is 0 Å². The topological polar surface area (TPSA) is 99.1 Å². The van der Waals surface area contributed by atoms with Gasteiger partial charge < -0.3 is 25.2 Å². The molecule has 0 aliphatic carbocycles. The summed E-state index contributed by atoms with van der Waals surface area (Å²) < 4.78 is 5.07. The van der Waals surface area contributed by atoms with Gasteiger partial charge in [0, 0.05) is 7.05 Å². The summed E-state index contributed by atoms with van der Waals surface area (Å²) in [7, 11) is 2.95. The highest BCUT2D eigenvalue weighted by atomic mass is 16.5. The molecule has 0 aliphatic heterocycles. The average Bonchev–Trinajstić information content (AvgIpc) is 2.45. The minimum atomic E-state index is -1.10. The lowest BCUT2D eigenvalue weighted by atomic mass is 10.2. The lowest BCUT2D eigenvalue weighted by Gasteiger charge is -2.24. The Morgan fingerprint density at radius 1 is 1.45 bits per heavy atom. The number of carbonyl (C=O) groups is 2. The van der Waals surface area contributed by atoms with Gasteiger partial charge in [-0.3, -0.25) is 0 Å². The highest BCUT2D eigenvalue weighted by Crippen LogP contribution is 2.25. The van der Waals surface area contributed by atoms with Gasteiger partial charge in [-0.05, 0) is 25.1 Å². The number of urea groups is 1. The van der Waals surface area contributed by atoms with Gasteiger partial charge in [0.25, 0.3) is 0 Å². The summed E-state index contributed by atoms with van der Waals surface area (Å²) in [4.78, 5) is 24.2. The van der Waals surface area contributed by atoms with Crippen molar-refractivity contribution in [1.29, 1.82) is 0 Å². The molecule has 20 heavy (non-hydrogen) atoms. The van der Waals surface area contributed by atoms with Gasteiger partial charge in [-0.1, -0.05) is 0 Å². The Bertz CT molecular complexity index is 504. The van der Waals surface area contributed by atoms with Gasteiger partial charge in [-0.25, -0.2) is 9.59 Å². The standard InChI is InChI=1S/C13H18N2O5/c1-8(7-16)15(2)13(19)14-10-6-9(12(17)18)4-5-11(10)20-3/h4-6,8,16H,7H2,1-3H3,(H,14,19)(H,17,18). The first kappa shape index (κ1) is 15.8. The number of benzene rings is 1. The van der Waals surface area contributed by atoms with Crippen LogP contribution in [-0.2, 0) is 0 Å². The van der Waals surface area contributed by atoms with Crippen LogP contribution in [0.2, 0.25) is 0 Å². The van der Waals surface area contributed by atoms with E-state index in [2.05, 4.69) is 5.32 Å². The quantitative estimate of drug-likeness (QED) is 0.754. The van der Waals surface area contributed by atoms with Gasteiger partial charge in [0.2, 0.25) is 0 Å². The predicted molar refractivity (Wildman–Crippen MR) is 73.3 cm³/mol. The summed E-state index contributed by atoms with van der Waals surface area (Å²) in [5.74, 6) is -0.742. The van der Waals surface area contributed by atoms with E-state index in [-0.39, 0.29) is 23.9 Å². The Labute approximate surface area is 116 Å². The number of carboxylic acids is 1. The molecule has 1 atom stereocenters. The molecule has 0 aromatic heterocycles. The normalized spacial score (nSPS) is 11.6. The van der Waals surface area contributed by atoms with E-state index in [0.29, 0.717) is 5.75 Å². The first-order valence-corrected chi connectivity index (χ1v) is 5.96. The van der Waals surface area contributed by atoms with E-state index in [4.69, 9.17) is 14.9 Å². The van der Waals surface area contributed by atoms with E-state index in [9.17, 15) is 9.59 Å². The third kappa shape index (κ3) is 3.61. The number of methoxy groups -OCH3 is 1. The maximum absolute atomic E-state index is 12.0. The fraction of sp³-hybridized carbons (Fsp3) is 0.385. The summed E-state index contributed by atoms with van der Waals surface area (Å²) in [6.45, 7) is 1.51. The number of anilines is 1. The number of carboxylic acid groups (broad SMARTS) is 1. The fourth-order valence-corrected chi connectivity index (χ4v) is 1.46. The molecular formula is C13H18N2O5. The smallest absolute Gasteiger partial charge is 0.335 e. The van der Waals surface area contributed by atoms with Crippen LogP contribution in [0.15, 0.2) is 18.2 Å². The molecule has 3 N–H and O–H groups in total. The van der Waals surface area contributed by atoms with Crippen molar-refractivity contribution < 1.29 is 24.5 Å². The van der Waals surface area contributed by atoms with Crippen LogP contribution in [0.1, 0.15) is 17.3 Å². The van der Waals surface area contributed by atoms with Crippen molar-refractivity contribution in [3.05, 3.63) is 23.8 Å². The van der Waals surface area contributed by atoms with Crippen LogP contribution in [-0.4, -0.2) is 53.9 Å². The second-order valence-corrected chi connectivity index (χ2v) is 4.29. The van der Waals surface area contributed by atoms with Crippen molar-refractivity contribution in [2.24, 2.45) is 0 Å². The Kier molecular flexibility index (Phi) is 5.33. The van der Waals surface area contributed by atoms with Crippen molar-refractivity contribution in [3.63, 3.8) is 0 Å². The van der Waals surface area contributed by atoms with Crippen LogP contribution in [0.4, 0.5) is 10.5 Å². The SMILES string of the molecule is COc1ccc(C(=O)O)cc1NC(=O)N(C)C(C)CO. The third-order valence-electron chi connectivity index (χ3n) is 2.93. The molecule has 0 aliphatic rings. The summed E-state index contributed by atoms with van der Waals surface area (Å²) >= 11 is 0. The Morgan fingerprint density at radius 3 is 2.60 bits per heavy atom. The minimum absolute atomic E-state index is 0.0407. The Morgan fingerprint density at radius 2 is 2.10 bits per heavy atom. The van der Waals surface area contributed by atoms with Gasteiger partial charge in [0.05, 0.1) is 31.0 Å². The molecule has 0 radical (unpaired) electrons. The number of hydrogen-bond acceptors (Lipinski definition) is 4. The molecule has 0 saturated carbocycles. The number of nitrogens with one attached hydrogen (secondary N) is 1. The number of rotatable bonds is 5. The number of hydrogen-bond donors (Lipinski definition) is 3. The second kappa shape index (κ2) is 6.76. The zero-order chi connectivity index (χ0) is 15.3. The van der Waals surface area contributed by atoms with Crippen LogP contribution in [0.25, 0.3) is 0 Å². The molecule has 0 spiro atoms. The maximum atomic E-state index is 12.0. The van der Waals surface area contributed by atoms with Crippen molar-refractivity contribution >= 4 is 17.7 Å². The Hall–Kier alpha value is -2.28. The molecular weight excluding hydrogens is 264 g/mol. The summed E-state index contributed by atoms with van der Waals surface area (Å²) in [5.41, 5.74) is 0.299. The number of ether oxygens (including phenoxy) is 1.